The predicted octanol–water partition coefficient (Wildman–Crippen LogP) is 2.12. The minimum atomic E-state index is -0.303. The van der Waals surface area contributed by atoms with Gasteiger partial charge in [0.2, 0.25) is 5.91 Å². The minimum Gasteiger partial charge on any atom is -0.325 e. The van der Waals surface area contributed by atoms with E-state index in [1.165, 1.54) is 25.7 Å². The maximum Gasteiger partial charge on any atom is 0.243 e. The first-order valence-corrected chi connectivity index (χ1v) is 6.63. The van der Waals surface area contributed by atoms with Crippen LogP contribution >= 0.6 is 0 Å². The molecule has 0 aromatic carbocycles. The maximum atomic E-state index is 12.3. The standard InChI is InChI=1S/C13H24N2O/c1-4-13(3)12(16)15(9-14-13)11-7-5-10(2)6-8-11/h10-11,14H,4-9H2,1-3H3. The summed E-state index contributed by atoms with van der Waals surface area (Å²) in [6, 6.07) is 0.490. The molecule has 0 bridgehead atoms. The first kappa shape index (κ1) is 11.9. The summed E-state index contributed by atoms with van der Waals surface area (Å²) in [6.45, 7) is 7.18. The number of hydrogen-bond acceptors (Lipinski definition) is 2. The molecule has 1 heterocycles. The zero-order chi connectivity index (χ0) is 11.8. The van der Waals surface area contributed by atoms with Crippen molar-refractivity contribution in [3.8, 4) is 0 Å². The summed E-state index contributed by atoms with van der Waals surface area (Å²) in [6.07, 6.45) is 5.81. The number of hydrogen-bond donors (Lipinski definition) is 1. The summed E-state index contributed by atoms with van der Waals surface area (Å²) in [5.41, 5.74) is -0.303. The second-order valence-electron chi connectivity index (χ2n) is 5.71. The van der Waals surface area contributed by atoms with Crippen LogP contribution in [0.15, 0.2) is 0 Å². The summed E-state index contributed by atoms with van der Waals surface area (Å²) in [7, 11) is 0. The zero-order valence-electron chi connectivity index (χ0n) is 10.8. The van der Waals surface area contributed by atoms with Crippen molar-refractivity contribution in [2.45, 2.75) is 64.5 Å². The van der Waals surface area contributed by atoms with E-state index < -0.39 is 0 Å². The number of carbonyl (C=O) groups excluding carboxylic acids is 1. The number of nitrogens with zero attached hydrogens (tertiary/aromatic N) is 1. The lowest BCUT2D eigenvalue weighted by atomic mass is 9.86. The molecule has 1 N–H and O–H groups in total. The molecule has 1 amide bonds. The van der Waals surface area contributed by atoms with Crippen LogP contribution in [0.25, 0.3) is 0 Å². The number of carbonyl (C=O) groups is 1. The van der Waals surface area contributed by atoms with Crippen molar-refractivity contribution in [1.29, 1.82) is 0 Å². The molecule has 3 nitrogen and oxygen atoms in total. The van der Waals surface area contributed by atoms with Crippen molar-refractivity contribution in [3.05, 3.63) is 0 Å². The Hall–Kier alpha value is -0.570. The van der Waals surface area contributed by atoms with Crippen molar-refractivity contribution in [2.24, 2.45) is 5.92 Å². The molecule has 2 rings (SSSR count). The van der Waals surface area contributed by atoms with Crippen LogP contribution in [0.3, 0.4) is 0 Å². The quantitative estimate of drug-likeness (QED) is 0.779. The van der Waals surface area contributed by atoms with Crippen molar-refractivity contribution >= 4 is 5.91 Å². The van der Waals surface area contributed by atoms with Crippen LogP contribution in [0.2, 0.25) is 0 Å². The zero-order valence-corrected chi connectivity index (χ0v) is 10.8. The Morgan fingerprint density at radius 1 is 1.38 bits per heavy atom. The van der Waals surface area contributed by atoms with Gasteiger partial charge >= 0.3 is 0 Å². The van der Waals surface area contributed by atoms with E-state index in [2.05, 4.69) is 24.1 Å². The van der Waals surface area contributed by atoms with Crippen molar-refractivity contribution < 1.29 is 4.79 Å². The van der Waals surface area contributed by atoms with Gasteiger partial charge in [0.1, 0.15) is 0 Å². The third kappa shape index (κ3) is 1.97. The molecule has 16 heavy (non-hydrogen) atoms. The fourth-order valence-electron chi connectivity index (χ4n) is 2.85. The smallest absolute Gasteiger partial charge is 0.243 e. The van der Waals surface area contributed by atoms with Crippen LogP contribution in [0.1, 0.15) is 52.9 Å². The molecule has 1 aliphatic heterocycles. The van der Waals surface area contributed by atoms with E-state index in [4.69, 9.17) is 0 Å². The van der Waals surface area contributed by atoms with Crippen molar-refractivity contribution in [3.63, 3.8) is 0 Å². The largest absolute Gasteiger partial charge is 0.325 e. The highest BCUT2D eigenvalue weighted by molar-refractivity contribution is 5.88. The molecule has 0 radical (unpaired) electrons. The molecule has 1 atom stereocenters. The Morgan fingerprint density at radius 2 is 2.00 bits per heavy atom. The van der Waals surface area contributed by atoms with Gasteiger partial charge in [-0.15, -0.1) is 0 Å². The fraction of sp³-hybridized carbons (Fsp3) is 0.923. The van der Waals surface area contributed by atoms with E-state index in [0.29, 0.717) is 11.9 Å². The monoisotopic (exact) mass is 224 g/mol. The second-order valence-corrected chi connectivity index (χ2v) is 5.71. The SMILES string of the molecule is CCC1(C)NCN(C2CCC(C)CC2)C1=O. The van der Waals surface area contributed by atoms with Crippen LogP contribution in [-0.4, -0.2) is 29.1 Å². The van der Waals surface area contributed by atoms with Gasteiger partial charge in [0.05, 0.1) is 12.2 Å². The van der Waals surface area contributed by atoms with Gasteiger partial charge in [-0.05, 0) is 44.9 Å². The van der Waals surface area contributed by atoms with Crippen LogP contribution in [0.4, 0.5) is 0 Å². The van der Waals surface area contributed by atoms with Crippen LogP contribution in [0.5, 0.6) is 0 Å². The Kier molecular flexibility index (Phi) is 3.24. The van der Waals surface area contributed by atoms with E-state index in [-0.39, 0.29) is 5.54 Å². The normalized spacial score (nSPS) is 40.4. The lowest BCUT2D eigenvalue weighted by molar-refractivity contribution is -0.134. The first-order valence-electron chi connectivity index (χ1n) is 6.63. The molecule has 2 aliphatic rings. The number of nitrogens with one attached hydrogen (secondary N) is 1. The topological polar surface area (TPSA) is 32.3 Å². The molecular weight excluding hydrogens is 200 g/mol. The lowest BCUT2D eigenvalue weighted by Gasteiger charge is -2.33. The highest BCUT2D eigenvalue weighted by Crippen LogP contribution is 2.30. The molecule has 1 unspecified atom stereocenters. The van der Waals surface area contributed by atoms with E-state index in [0.717, 1.165) is 19.0 Å². The number of amides is 1. The summed E-state index contributed by atoms with van der Waals surface area (Å²) in [5.74, 6) is 1.16. The Morgan fingerprint density at radius 3 is 2.50 bits per heavy atom. The second kappa shape index (κ2) is 4.36. The van der Waals surface area contributed by atoms with E-state index in [1.54, 1.807) is 0 Å². The Balaban J connectivity index is 1.99. The molecule has 1 saturated carbocycles. The van der Waals surface area contributed by atoms with Gasteiger partial charge in [0.25, 0.3) is 0 Å². The van der Waals surface area contributed by atoms with Gasteiger partial charge in [0, 0.05) is 6.04 Å². The third-order valence-electron chi connectivity index (χ3n) is 4.51. The molecule has 3 heteroatoms. The lowest BCUT2D eigenvalue weighted by Crippen LogP contribution is -2.45. The van der Waals surface area contributed by atoms with Gasteiger partial charge in [-0.1, -0.05) is 13.8 Å². The van der Waals surface area contributed by atoms with E-state index in [9.17, 15) is 4.79 Å². The molecule has 0 aromatic rings. The summed E-state index contributed by atoms with van der Waals surface area (Å²) in [5, 5.41) is 3.37. The Bertz CT molecular complexity index is 271. The predicted molar refractivity (Wildman–Crippen MR) is 65.0 cm³/mol. The molecule has 1 saturated heterocycles. The van der Waals surface area contributed by atoms with Crippen LogP contribution in [0, 0.1) is 5.92 Å². The molecular formula is C13H24N2O. The first-order chi connectivity index (χ1) is 7.57. The summed E-state index contributed by atoms with van der Waals surface area (Å²) in [4.78, 5) is 14.4. The van der Waals surface area contributed by atoms with Gasteiger partial charge < -0.3 is 4.90 Å². The van der Waals surface area contributed by atoms with Crippen LogP contribution in [-0.2, 0) is 4.79 Å². The van der Waals surface area contributed by atoms with Crippen LogP contribution < -0.4 is 5.32 Å². The van der Waals surface area contributed by atoms with Gasteiger partial charge in [-0.3, -0.25) is 10.1 Å². The molecule has 1 aliphatic carbocycles. The average Bonchev–Trinajstić information content (AvgIpc) is 2.59. The van der Waals surface area contributed by atoms with Gasteiger partial charge in [0.15, 0.2) is 0 Å². The van der Waals surface area contributed by atoms with Gasteiger partial charge in [-0.25, -0.2) is 0 Å². The minimum absolute atomic E-state index is 0.303. The number of rotatable bonds is 2. The summed E-state index contributed by atoms with van der Waals surface area (Å²) < 4.78 is 0. The molecule has 0 aromatic heterocycles. The van der Waals surface area contributed by atoms with E-state index in [1.807, 2.05) is 6.92 Å². The highest BCUT2D eigenvalue weighted by atomic mass is 16.2. The summed E-state index contributed by atoms with van der Waals surface area (Å²) >= 11 is 0. The van der Waals surface area contributed by atoms with Gasteiger partial charge in [-0.2, -0.15) is 0 Å². The van der Waals surface area contributed by atoms with Crippen molar-refractivity contribution in [1.82, 2.24) is 10.2 Å². The van der Waals surface area contributed by atoms with Crippen molar-refractivity contribution in [2.75, 3.05) is 6.67 Å². The average molecular weight is 224 g/mol. The van der Waals surface area contributed by atoms with E-state index >= 15 is 0 Å². The molecule has 92 valence electrons. The third-order valence-corrected chi connectivity index (χ3v) is 4.51. The molecule has 2 fully saturated rings. The molecule has 0 spiro atoms. The fourth-order valence-corrected chi connectivity index (χ4v) is 2.85. The highest BCUT2D eigenvalue weighted by Gasteiger charge is 2.43. The Labute approximate surface area is 98.6 Å². The maximum absolute atomic E-state index is 12.3.